The number of anilines is 1. The zero-order chi connectivity index (χ0) is 23.4. The number of halogens is 2. The van der Waals surface area contributed by atoms with Gasteiger partial charge >= 0.3 is 0 Å². The van der Waals surface area contributed by atoms with Crippen LogP contribution in [0.2, 0.25) is 0 Å². The summed E-state index contributed by atoms with van der Waals surface area (Å²) in [5.74, 6) is -0.606. The number of fused-ring (bicyclic) bond motifs is 1. The van der Waals surface area contributed by atoms with Crippen molar-refractivity contribution in [3.63, 3.8) is 0 Å². The van der Waals surface area contributed by atoms with Gasteiger partial charge in [-0.05, 0) is 81.9 Å². The minimum absolute atomic E-state index is 0. The fourth-order valence-corrected chi connectivity index (χ4v) is 4.79. The van der Waals surface area contributed by atoms with E-state index in [1.165, 1.54) is 43.2 Å². The Balaban J connectivity index is 0.00000324. The van der Waals surface area contributed by atoms with Crippen LogP contribution in [0.1, 0.15) is 59.7 Å². The van der Waals surface area contributed by atoms with E-state index in [-0.39, 0.29) is 47.5 Å². The van der Waals surface area contributed by atoms with Crippen molar-refractivity contribution in [2.45, 2.75) is 45.1 Å². The number of likely N-dealkylation sites (tertiary alicyclic amines) is 1. The highest BCUT2D eigenvalue weighted by Crippen LogP contribution is 2.37. The van der Waals surface area contributed by atoms with Gasteiger partial charge in [-0.25, -0.2) is 4.39 Å². The SMILES string of the molecule is Cc1cc([N+](=O)[O-])ccc1C(=O)N1CCCC(OCCCN2CCCC2)c2cc(F)ccc21.I. The molecule has 1 saturated heterocycles. The van der Waals surface area contributed by atoms with Crippen LogP contribution in [0.15, 0.2) is 36.4 Å². The standard InChI is InChI=1S/C25H30FN3O4.HI/c1-18-16-20(29(31)32)8-9-21(18)25(30)28-14-4-6-24(22-17-19(26)7-10-23(22)28)33-15-5-13-27-11-2-3-12-27;/h7-10,16-17,24H,2-6,11-15H2,1H3;1H. The highest BCUT2D eigenvalue weighted by atomic mass is 127. The number of carbonyl (C=O) groups is 1. The third kappa shape index (κ3) is 6.11. The predicted molar refractivity (Wildman–Crippen MR) is 140 cm³/mol. The second kappa shape index (κ2) is 12.0. The van der Waals surface area contributed by atoms with Crippen LogP contribution in [-0.2, 0) is 4.74 Å². The molecule has 0 aromatic heterocycles. The van der Waals surface area contributed by atoms with Crippen LogP contribution in [0.4, 0.5) is 15.8 Å². The molecule has 0 radical (unpaired) electrons. The Bertz CT molecular complexity index is 1030. The number of benzene rings is 2. The maximum atomic E-state index is 14.2. The fourth-order valence-electron chi connectivity index (χ4n) is 4.79. The molecule has 34 heavy (non-hydrogen) atoms. The molecule has 0 spiro atoms. The van der Waals surface area contributed by atoms with Crippen molar-refractivity contribution >= 4 is 41.3 Å². The number of carbonyl (C=O) groups excluding carboxylic acids is 1. The summed E-state index contributed by atoms with van der Waals surface area (Å²) in [5.41, 5.74) is 2.21. The molecule has 2 aliphatic rings. The minimum atomic E-state index is -0.475. The van der Waals surface area contributed by atoms with Gasteiger partial charge in [0.05, 0.1) is 11.0 Å². The van der Waals surface area contributed by atoms with Crippen LogP contribution in [0, 0.1) is 22.9 Å². The Morgan fingerprint density at radius 2 is 1.91 bits per heavy atom. The first-order chi connectivity index (χ1) is 15.9. The number of hydrogen-bond acceptors (Lipinski definition) is 5. The van der Waals surface area contributed by atoms with E-state index < -0.39 is 4.92 Å². The lowest BCUT2D eigenvalue weighted by Crippen LogP contribution is -2.32. The van der Waals surface area contributed by atoms with E-state index in [9.17, 15) is 19.3 Å². The molecule has 1 amide bonds. The van der Waals surface area contributed by atoms with Crippen molar-refractivity contribution in [2.75, 3.05) is 37.7 Å². The van der Waals surface area contributed by atoms with Crippen LogP contribution < -0.4 is 4.90 Å². The van der Waals surface area contributed by atoms with Crippen LogP contribution >= 0.6 is 24.0 Å². The molecule has 0 N–H and O–H groups in total. The van der Waals surface area contributed by atoms with Gasteiger partial charge in [0.25, 0.3) is 11.6 Å². The van der Waals surface area contributed by atoms with E-state index in [1.54, 1.807) is 17.9 Å². The molecule has 0 saturated carbocycles. The third-order valence-electron chi connectivity index (χ3n) is 6.51. The van der Waals surface area contributed by atoms with Gasteiger partial charge in [0.2, 0.25) is 0 Å². The van der Waals surface area contributed by atoms with E-state index in [1.807, 2.05) is 0 Å². The third-order valence-corrected chi connectivity index (χ3v) is 6.51. The first kappa shape index (κ1) is 26.5. The molecule has 4 rings (SSSR count). The van der Waals surface area contributed by atoms with Gasteiger partial charge in [0.1, 0.15) is 5.82 Å². The number of aryl methyl sites for hydroxylation is 1. The van der Waals surface area contributed by atoms with Crippen LogP contribution in [-0.4, -0.2) is 48.5 Å². The number of nitrogens with zero attached hydrogens (tertiary/aromatic N) is 3. The van der Waals surface area contributed by atoms with Crippen molar-refractivity contribution in [1.82, 2.24) is 4.90 Å². The summed E-state index contributed by atoms with van der Waals surface area (Å²) in [4.78, 5) is 28.1. The molecule has 1 unspecified atom stereocenters. The summed E-state index contributed by atoms with van der Waals surface area (Å²) in [6.07, 6.45) is 4.58. The largest absolute Gasteiger partial charge is 0.373 e. The summed E-state index contributed by atoms with van der Waals surface area (Å²) in [7, 11) is 0. The van der Waals surface area contributed by atoms with E-state index in [4.69, 9.17) is 4.74 Å². The number of hydrogen-bond donors (Lipinski definition) is 0. The van der Waals surface area contributed by atoms with Crippen LogP contribution in [0.3, 0.4) is 0 Å². The lowest BCUT2D eigenvalue weighted by Gasteiger charge is -2.25. The molecule has 1 atom stereocenters. The summed E-state index contributed by atoms with van der Waals surface area (Å²) < 4.78 is 20.4. The van der Waals surface area contributed by atoms with Gasteiger partial charge in [0.15, 0.2) is 0 Å². The smallest absolute Gasteiger partial charge is 0.269 e. The van der Waals surface area contributed by atoms with Gasteiger partial charge in [0, 0.05) is 48.6 Å². The van der Waals surface area contributed by atoms with Crippen LogP contribution in [0.5, 0.6) is 0 Å². The van der Waals surface area contributed by atoms with Crippen molar-refractivity contribution in [3.05, 3.63) is 69.0 Å². The molecule has 0 aliphatic carbocycles. The Kier molecular flexibility index (Phi) is 9.38. The molecule has 2 aliphatic heterocycles. The minimum Gasteiger partial charge on any atom is -0.373 e. The molecule has 2 aromatic carbocycles. The van der Waals surface area contributed by atoms with Gasteiger partial charge in [-0.3, -0.25) is 14.9 Å². The number of nitro groups is 1. The van der Waals surface area contributed by atoms with E-state index in [0.717, 1.165) is 26.1 Å². The van der Waals surface area contributed by atoms with Crippen molar-refractivity contribution in [1.29, 1.82) is 0 Å². The summed E-state index contributed by atoms with van der Waals surface area (Å²) in [5, 5.41) is 11.1. The number of amides is 1. The normalized spacial score (nSPS) is 18.2. The zero-order valence-electron chi connectivity index (χ0n) is 19.4. The van der Waals surface area contributed by atoms with Gasteiger partial charge in [-0.1, -0.05) is 0 Å². The number of non-ortho nitro benzene ring substituents is 1. The molecule has 2 aromatic rings. The monoisotopic (exact) mass is 583 g/mol. The molecule has 1 fully saturated rings. The van der Waals surface area contributed by atoms with E-state index in [2.05, 4.69) is 4.90 Å². The van der Waals surface area contributed by atoms with Crippen molar-refractivity contribution < 1.29 is 18.8 Å². The number of nitro benzene ring substituents is 1. The summed E-state index contributed by atoms with van der Waals surface area (Å²) in [6.45, 7) is 6.06. The first-order valence-corrected chi connectivity index (χ1v) is 11.6. The summed E-state index contributed by atoms with van der Waals surface area (Å²) in [6, 6.07) is 8.70. The average Bonchev–Trinajstić information content (AvgIpc) is 3.25. The fraction of sp³-hybridized carbons (Fsp3) is 0.480. The Hall–Kier alpha value is -2.11. The topological polar surface area (TPSA) is 75.9 Å². The second-order valence-electron chi connectivity index (χ2n) is 8.82. The van der Waals surface area contributed by atoms with Gasteiger partial charge in [-0.2, -0.15) is 0 Å². The van der Waals surface area contributed by atoms with Crippen molar-refractivity contribution in [2.24, 2.45) is 0 Å². The lowest BCUT2D eigenvalue weighted by molar-refractivity contribution is -0.384. The lowest BCUT2D eigenvalue weighted by atomic mass is 10.0. The number of rotatable bonds is 7. The van der Waals surface area contributed by atoms with Gasteiger partial charge < -0.3 is 14.5 Å². The zero-order valence-corrected chi connectivity index (χ0v) is 21.7. The summed E-state index contributed by atoms with van der Waals surface area (Å²) >= 11 is 0. The maximum absolute atomic E-state index is 14.2. The quantitative estimate of drug-likeness (QED) is 0.183. The highest BCUT2D eigenvalue weighted by molar-refractivity contribution is 14.0. The number of ether oxygens (including phenoxy) is 1. The molecular weight excluding hydrogens is 552 g/mol. The maximum Gasteiger partial charge on any atom is 0.269 e. The Morgan fingerprint density at radius 1 is 1.15 bits per heavy atom. The van der Waals surface area contributed by atoms with Crippen LogP contribution in [0.25, 0.3) is 0 Å². The Morgan fingerprint density at radius 3 is 2.62 bits per heavy atom. The van der Waals surface area contributed by atoms with Crippen molar-refractivity contribution in [3.8, 4) is 0 Å². The average molecular weight is 583 g/mol. The van der Waals surface area contributed by atoms with Gasteiger partial charge in [-0.15, -0.1) is 24.0 Å². The first-order valence-electron chi connectivity index (χ1n) is 11.6. The highest BCUT2D eigenvalue weighted by Gasteiger charge is 2.29. The predicted octanol–water partition coefficient (Wildman–Crippen LogP) is 5.64. The molecule has 0 bridgehead atoms. The molecule has 184 valence electrons. The van der Waals surface area contributed by atoms with E-state index >= 15 is 0 Å². The molecule has 7 nitrogen and oxygen atoms in total. The molecular formula is C25H31FIN3O4. The molecule has 2 heterocycles. The molecule has 9 heteroatoms. The Labute approximate surface area is 216 Å². The second-order valence-corrected chi connectivity index (χ2v) is 8.82. The van der Waals surface area contributed by atoms with E-state index in [0.29, 0.717) is 48.4 Å².